The van der Waals surface area contributed by atoms with Crippen molar-refractivity contribution in [3.8, 4) is 5.69 Å². The van der Waals surface area contributed by atoms with E-state index in [1.807, 2.05) is 12.3 Å². The van der Waals surface area contributed by atoms with Crippen LogP contribution in [0, 0.1) is 0 Å². The van der Waals surface area contributed by atoms with E-state index in [-0.39, 0.29) is 6.10 Å². The monoisotopic (exact) mass is 364 g/mol. The highest BCUT2D eigenvalue weighted by atomic mass is 16.3. The Bertz CT molecular complexity index is 955. The fourth-order valence-corrected chi connectivity index (χ4v) is 3.75. The molecule has 1 aliphatic carbocycles. The van der Waals surface area contributed by atoms with Crippen LogP contribution in [0.1, 0.15) is 25.7 Å². The van der Waals surface area contributed by atoms with E-state index in [2.05, 4.69) is 49.0 Å². The van der Waals surface area contributed by atoms with Gasteiger partial charge < -0.3 is 25.6 Å². The summed E-state index contributed by atoms with van der Waals surface area (Å²) < 4.78 is 2.11. The zero-order valence-corrected chi connectivity index (χ0v) is 15.2. The van der Waals surface area contributed by atoms with Gasteiger partial charge in [-0.15, -0.1) is 0 Å². The normalized spacial score (nSPS) is 18.2. The molecule has 0 bridgehead atoms. The van der Waals surface area contributed by atoms with E-state index in [0.29, 0.717) is 12.0 Å². The lowest BCUT2D eigenvalue weighted by Gasteiger charge is -2.31. The highest BCUT2D eigenvalue weighted by Gasteiger charge is 2.24. The molecule has 2 aliphatic rings. The molecule has 0 atom stereocenters. The molecule has 2 aromatic heterocycles. The van der Waals surface area contributed by atoms with Gasteiger partial charge in [0.25, 0.3) is 0 Å². The topological polar surface area (TPSA) is 92.2 Å². The van der Waals surface area contributed by atoms with Crippen LogP contribution in [0.4, 0.5) is 17.5 Å². The largest absolute Gasteiger partial charge is 0.393 e. The first-order valence-electron chi connectivity index (χ1n) is 9.62. The van der Waals surface area contributed by atoms with Gasteiger partial charge in [-0.05, 0) is 56.0 Å². The summed E-state index contributed by atoms with van der Waals surface area (Å²) in [5, 5.41) is 13.2. The number of aliphatic hydroxyl groups is 1. The maximum atomic E-state index is 9.70. The Morgan fingerprint density at radius 1 is 0.963 bits per heavy atom. The fourth-order valence-electron chi connectivity index (χ4n) is 3.75. The molecule has 2 fully saturated rings. The fraction of sp³-hybridized carbons (Fsp3) is 0.400. The van der Waals surface area contributed by atoms with Crippen LogP contribution in [0.15, 0.2) is 36.5 Å². The van der Waals surface area contributed by atoms with Gasteiger partial charge >= 0.3 is 0 Å². The first-order chi connectivity index (χ1) is 13.2. The molecule has 7 nitrogen and oxygen atoms in total. The Morgan fingerprint density at radius 3 is 2.37 bits per heavy atom. The second-order valence-electron chi connectivity index (χ2n) is 7.50. The van der Waals surface area contributed by atoms with Gasteiger partial charge in [0.15, 0.2) is 5.82 Å². The van der Waals surface area contributed by atoms with Crippen molar-refractivity contribution in [2.45, 2.75) is 37.8 Å². The second kappa shape index (κ2) is 6.42. The van der Waals surface area contributed by atoms with Crippen LogP contribution >= 0.6 is 0 Å². The molecular formula is C20H24N6O. The number of rotatable bonds is 4. The average Bonchev–Trinajstić information content (AvgIpc) is 3.38. The molecule has 0 unspecified atom stereocenters. The third-order valence-corrected chi connectivity index (χ3v) is 5.43. The molecule has 3 heterocycles. The van der Waals surface area contributed by atoms with Crippen LogP contribution in [0.5, 0.6) is 0 Å². The number of aromatic nitrogens is 3. The van der Waals surface area contributed by atoms with Crippen molar-refractivity contribution in [1.82, 2.24) is 14.5 Å². The molecule has 0 radical (unpaired) electrons. The minimum Gasteiger partial charge on any atom is -0.393 e. The lowest BCUT2D eigenvalue weighted by atomic mass is 10.1. The molecule has 4 N–H and O–H groups in total. The first-order valence-corrected chi connectivity index (χ1v) is 9.62. The highest BCUT2D eigenvalue weighted by Crippen LogP contribution is 2.31. The lowest BCUT2D eigenvalue weighted by molar-refractivity contribution is 0.145. The Labute approximate surface area is 157 Å². The second-order valence-corrected chi connectivity index (χ2v) is 7.50. The first kappa shape index (κ1) is 16.4. The maximum Gasteiger partial charge on any atom is 0.222 e. The summed E-state index contributed by atoms with van der Waals surface area (Å²) in [4.78, 5) is 11.2. The third kappa shape index (κ3) is 3.19. The number of nitrogens with two attached hydrogens (primary N) is 1. The smallest absolute Gasteiger partial charge is 0.222 e. The number of piperidine rings is 1. The molecule has 1 aromatic carbocycles. The molecular weight excluding hydrogens is 340 g/mol. The van der Waals surface area contributed by atoms with Gasteiger partial charge in [0, 0.05) is 36.7 Å². The Kier molecular flexibility index (Phi) is 3.89. The van der Waals surface area contributed by atoms with Gasteiger partial charge in [0.1, 0.15) is 5.52 Å². The van der Waals surface area contributed by atoms with Crippen LogP contribution in [0.25, 0.3) is 16.7 Å². The zero-order valence-electron chi connectivity index (χ0n) is 15.2. The van der Waals surface area contributed by atoms with E-state index in [1.165, 1.54) is 18.5 Å². The molecule has 3 aromatic rings. The van der Waals surface area contributed by atoms with Gasteiger partial charge in [-0.3, -0.25) is 0 Å². The van der Waals surface area contributed by atoms with Gasteiger partial charge in [-0.2, -0.15) is 4.98 Å². The highest BCUT2D eigenvalue weighted by molar-refractivity contribution is 5.89. The summed E-state index contributed by atoms with van der Waals surface area (Å²) in [7, 11) is 0. The molecule has 5 rings (SSSR count). The number of fused-ring (bicyclic) bond motifs is 1. The molecule has 7 heteroatoms. The summed E-state index contributed by atoms with van der Waals surface area (Å²) in [6.07, 6.45) is 5.87. The molecule has 1 saturated heterocycles. The number of hydrogen-bond acceptors (Lipinski definition) is 6. The van der Waals surface area contributed by atoms with E-state index >= 15 is 0 Å². The van der Waals surface area contributed by atoms with E-state index in [0.717, 1.165) is 48.5 Å². The molecule has 1 saturated carbocycles. The van der Waals surface area contributed by atoms with Crippen LogP contribution in [0.3, 0.4) is 0 Å². The minimum atomic E-state index is -0.156. The number of anilines is 3. The van der Waals surface area contributed by atoms with E-state index in [1.54, 1.807) is 0 Å². The predicted molar refractivity (Wildman–Crippen MR) is 107 cm³/mol. The van der Waals surface area contributed by atoms with Crippen LogP contribution in [-0.4, -0.2) is 44.9 Å². The minimum absolute atomic E-state index is 0.156. The van der Waals surface area contributed by atoms with Gasteiger partial charge in [0.05, 0.1) is 11.6 Å². The molecule has 140 valence electrons. The molecule has 0 spiro atoms. The SMILES string of the molecule is Nc1nc(NC2CC2)c2c(ccn2-c2ccc(N3CCC(O)CC3)cc2)n1. The Morgan fingerprint density at radius 2 is 1.67 bits per heavy atom. The number of nitrogens with zero attached hydrogens (tertiary/aromatic N) is 4. The zero-order chi connectivity index (χ0) is 18.4. The number of aliphatic hydroxyl groups excluding tert-OH is 1. The van der Waals surface area contributed by atoms with Crippen molar-refractivity contribution in [2.24, 2.45) is 0 Å². The number of hydrogen-bond donors (Lipinski definition) is 3. The predicted octanol–water partition coefficient (Wildman–Crippen LogP) is 2.54. The van der Waals surface area contributed by atoms with E-state index < -0.39 is 0 Å². The van der Waals surface area contributed by atoms with Crippen molar-refractivity contribution in [1.29, 1.82) is 0 Å². The van der Waals surface area contributed by atoms with Crippen molar-refractivity contribution in [3.63, 3.8) is 0 Å². The average molecular weight is 364 g/mol. The lowest BCUT2D eigenvalue weighted by Crippen LogP contribution is -2.35. The third-order valence-electron chi connectivity index (χ3n) is 5.43. The Hall–Kier alpha value is -2.80. The van der Waals surface area contributed by atoms with E-state index in [9.17, 15) is 5.11 Å². The summed E-state index contributed by atoms with van der Waals surface area (Å²) in [5.41, 5.74) is 9.96. The van der Waals surface area contributed by atoms with Crippen molar-refractivity contribution < 1.29 is 5.11 Å². The summed E-state index contributed by atoms with van der Waals surface area (Å²) in [6.45, 7) is 1.80. The standard InChI is InChI=1S/C20H24N6O/c21-20-23-17-9-12-26(18(17)19(24-20)22-13-1-2-13)15-5-3-14(4-6-15)25-10-7-16(27)8-11-25/h3-6,9,12-13,16,27H,1-2,7-8,10-11H2,(H3,21,22,23,24). The number of nitrogen functional groups attached to an aromatic ring is 1. The van der Waals surface area contributed by atoms with E-state index in [4.69, 9.17) is 5.73 Å². The maximum absolute atomic E-state index is 9.70. The molecule has 1 aliphatic heterocycles. The summed E-state index contributed by atoms with van der Waals surface area (Å²) in [5.74, 6) is 1.10. The molecule has 0 amide bonds. The van der Waals surface area contributed by atoms with Crippen molar-refractivity contribution in [3.05, 3.63) is 36.5 Å². The van der Waals surface area contributed by atoms with Crippen LogP contribution in [-0.2, 0) is 0 Å². The Balaban J connectivity index is 1.48. The number of nitrogens with one attached hydrogen (secondary N) is 1. The molecule has 27 heavy (non-hydrogen) atoms. The number of benzene rings is 1. The van der Waals surface area contributed by atoms with Crippen LogP contribution < -0.4 is 16.0 Å². The quantitative estimate of drug-likeness (QED) is 0.659. The summed E-state index contributed by atoms with van der Waals surface area (Å²) >= 11 is 0. The van der Waals surface area contributed by atoms with Gasteiger partial charge in [-0.1, -0.05) is 0 Å². The van der Waals surface area contributed by atoms with Gasteiger partial charge in [0.2, 0.25) is 5.95 Å². The van der Waals surface area contributed by atoms with Crippen molar-refractivity contribution in [2.75, 3.05) is 29.0 Å². The van der Waals surface area contributed by atoms with Gasteiger partial charge in [-0.25, -0.2) is 4.98 Å². The summed E-state index contributed by atoms with van der Waals surface area (Å²) in [6, 6.07) is 11.0. The van der Waals surface area contributed by atoms with Crippen molar-refractivity contribution >= 4 is 28.5 Å². The van der Waals surface area contributed by atoms with Crippen LogP contribution in [0.2, 0.25) is 0 Å².